The van der Waals surface area contributed by atoms with Gasteiger partial charge in [-0.2, -0.15) is 4.98 Å². The number of nitrogens with one attached hydrogen (secondary N) is 2. The number of halogens is 2. The molecule has 2 fully saturated rings. The summed E-state index contributed by atoms with van der Waals surface area (Å²) in [4.78, 5) is 12.1. The number of hydrogen-bond acceptors (Lipinski definition) is 9. The van der Waals surface area contributed by atoms with Gasteiger partial charge in [-0.3, -0.25) is 0 Å². The number of fused-ring (bicyclic) bond motifs is 3. The van der Waals surface area contributed by atoms with Crippen molar-refractivity contribution in [2.24, 2.45) is 0 Å². The van der Waals surface area contributed by atoms with Crippen LogP contribution >= 0.6 is 11.6 Å². The van der Waals surface area contributed by atoms with Crippen molar-refractivity contribution in [3.8, 4) is 11.8 Å². The van der Waals surface area contributed by atoms with E-state index in [9.17, 15) is 5.11 Å². The van der Waals surface area contributed by atoms with E-state index in [1.54, 1.807) is 6.07 Å². The fourth-order valence-electron chi connectivity index (χ4n) is 5.19. The maximum atomic E-state index is 15.1. The number of aryl methyl sites for hydroxylation is 1. The number of H-pyrrole nitrogens is 1. The van der Waals surface area contributed by atoms with Gasteiger partial charge in [0.15, 0.2) is 11.8 Å². The summed E-state index contributed by atoms with van der Waals surface area (Å²) in [6.45, 7) is 3.86. The zero-order chi connectivity index (χ0) is 25.5. The van der Waals surface area contributed by atoms with E-state index in [0.29, 0.717) is 66.0 Å². The van der Waals surface area contributed by atoms with Crippen LogP contribution in [0.4, 0.5) is 10.2 Å². The Labute approximate surface area is 217 Å². The molecule has 6 rings (SSSR count). The van der Waals surface area contributed by atoms with Crippen LogP contribution in [0.25, 0.3) is 11.2 Å². The molecule has 3 N–H and O–H groups in total. The monoisotopic (exact) mass is 534 g/mol. The molecule has 0 spiro atoms. The second kappa shape index (κ2) is 10.2. The number of benzene rings is 1. The van der Waals surface area contributed by atoms with E-state index in [1.165, 1.54) is 6.07 Å². The van der Waals surface area contributed by atoms with Crippen LogP contribution in [0.1, 0.15) is 30.5 Å². The van der Waals surface area contributed by atoms with Crippen molar-refractivity contribution in [3.63, 3.8) is 0 Å². The minimum atomic E-state index is -0.659. The number of aromatic nitrogens is 3. The molecular formula is C25H28ClFN4O6. The first-order chi connectivity index (χ1) is 18.0. The van der Waals surface area contributed by atoms with Crippen LogP contribution < -0.4 is 14.8 Å². The number of nitrogens with zero attached hydrogens (tertiary/aromatic N) is 2. The molecule has 3 aromatic rings. The first-order valence-corrected chi connectivity index (χ1v) is 12.8. The van der Waals surface area contributed by atoms with Crippen LogP contribution in [0, 0.1) is 5.82 Å². The van der Waals surface area contributed by atoms with Crippen LogP contribution in [0.15, 0.2) is 18.2 Å². The largest absolute Gasteiger partial charge is 0.491 e. The predicted molar refractivity (Wildman–Crippen MR) is 132 cm³/mol. The highest BCUT2D eigenvalue weighted by Crippen LogP contribution is 2.39. The number of anilines is 1. The summed E-state index contributed by atoms with van der Waals surface area (Å²) >= 11 is 6.52. The summed E-state index contributed by atoms with van der Waals surface area (Å²) in [6.07, 6.45) is -0.421. The number of aliphatic hydroxyl groups excluding tert-OH is 1. The zero-order valence-corrected chi connectivity index (χ0v) is 21.0. The number of imidazole rings is 1. The number of aromatic amines is 1. The van der Waals surface area contributed by atoms with Crippen molar-refractivity contribution >= 4 is 28.6 Å². The molecule has 1 aromatic carbocycles. The van der Waals surface area contributed by atoms with Gasteiger partial charge in [0.2, 0.25) is 0 Å². The summed E-state index contributed by atoms with van der Waals surface area (Å²) in [5.41, 5.74) is 2.49. The van der Waals surface area contributed by atoms with Gasteiger partial charge in [0, 0.05) is 18.2 Å². The third kappa shape index (κ3) is 4.82. The maximum absolute atomic E-state index is 15.1. The highest BCUT2D eigenvalue weighted by atomic mass is 35.5. The van der Waals surface area contributed by atoms with Crippen molar-refractivity contribution in [1.82, 2.24) is 15.0 Å². The third-order valence-corrected chi connectivity index (χ3v) is 7.19. The molecule has 3 aliphatic rings. The lowest BCUT2D eigenvalue weighted by atomic mass is 10.1. The van der Waals surface area contributed by atoms with E-state index in [1.807, 2.05) is 13.0 Å². The lowest BCUT2D eigenvalue weighted by Crippen LogP contribution is -2.34. The van der Waals surface area contributed by atoms with Crippen LogP contribution in [-0.2, 0) is 20.6 Å². The molecule has 0 saturated carbocycles. The molecule has 2 saturated heterocycles. The van der Waals surface area contributed by atoms with Crippen molar-refractivity contribution in [2.75, 3.05) is 38.4 Å². The fourth-order valence-corrected chi connectivity index (χ4v) is 5.39. The van der Waals surface area contributed by atoms with E-state index in [-0.39, 0.29) is 37.2 Å². The van der Waals surface area contributed by atoms with Gasteiger partial charge in [0.05, 0.1) is 36.4 Å². The molecule has 12 heteroatoms. The first-order valence-electron chi connectivity index (χ1n) is 12.4. The van der Waals surface area contributed by atoms with Crippen LogP contribution in [0.5, 0.6) is 11.8 Å². The lowest BCUT2D eigenvalue weighted by molar-refractivity contribution is 0.00706. The molecule has 10 nitrogen and oxygen atoms in total. The van der Waals surface area contributed by atoms with Gasteiger partial charge < -0.3 is 39.1 Å². The van der Waals surface area contributed by atoms with Gasteiger partial charge in [-0.1, -0.05) is 11.6 Å². The first kappa shape index (κ1) is 24.6. The molecule has 0 amide bonds. The molecule has 5 atom stereocenters. The fraction of sp³-hybridized carbons (Fsp3) is 0.520. The van der Waals surface area contributed by atoms with Gasteiger partial charge in [0.1, 0.15) is 42.3 Å². The number of hydrogen-bond donors (Lipinski definition) is 3. The summed E-state index contributed by atoms with van der Waals surface area (Å²) in [7, 11) is 0. The third-order valence-electron chi connectivity index (χ3n) is 6.90. The maximum Gasteiger partial charge on any atom is 0.296 e. The number of ether oxygens (including phenoxy) is 5. The standard InChI is InChI=1S/C25H28ClFN4O6/c1-2-33-5-6-34-13-7-12-3-4-16(20(12)15(27)8-13)28-23-14(26)9-17-24(30-23)31-25(29-17)37-19-11-36-21-18(32)10-35-22(19)21/h7-9,16,18-19,21-22,32H,2-6,10-11H2,1H3,(H2,28,29,30,31)/t16?,18?,19?,21-,22-/m1/s1. The zero-order valence-electron chi connectivity index (χ0n) is 20.2. The van der Waals surface area contributed by atoms with Crippen molar-refractivity contribution in [3.05, 3.63) is 40.2 Å². The average Bonchev–Trinajstić information content (AvgIpc) is 3.64. The highest BCUT2D eigenvalue weighted by Gasteiger charge is 2.48. The second-order valence-corrected chi connectivity index (χ2v) is 9.72. The van der Waals surface area contributed by atoms with Crippen molar-refractivity contribution in [1.29, 1.82) is 0 Å². The van der Waals surface area contributed by atoms with Crippen molar-refractivity contribution in [2.45, 2.75) is 50.2 Å². The van der Waals surface area contributed by atoms with Gasteiger partial charge in [-0.25, -0.2) is 9.37 Å². The van der Waals surface area contributed by atoms with E-state index < -0.39 is 18.3 Å². The molecule has 198 valence electrons. The molecule has 0 bridgehead atoms. The molecule has 3 unspecified atom stereocenters. The summed E-state index contributed by atoms with van der Waals surface area (Å²) in [5.74, 6) is 0.575. The lowest BCUT2D eigenvalue weighted by Gasteiger charge is -2.17. The van der Waals surface area contributed by atoms with Gasteiger partial charge >= 0.3 is 0 Å². The van der Waals surface area contributed by atoms with E-state index in [0.717, 1.165) is 5.56 Å². The molecule has 0 radical (unpaired) electrons. The summed E-state index contributed by atoms with van der Waals surface area (Å²) in [6, 6.07) is 4.96. The predicted octanol–water partition coefficient (Wildman–Crippen LogP) is 3.17. The molecule has 1 aliphatic carbocycles. The Hall–Kier alpha value is -2.70. The minimum absolute atomic E-state index is 0.217. The van der Waals surface area contributed by atoms with E-state index in [4.69, 9.17) is 35.3 Å². The SMILES string of the molecule is CCOCCOc1cc(F)c2c(c1)CCC2Nc1nc2nc(OC3CO[C@@H]4C(O)CO[C@H]34)[nH]c2cc1Cl. The van der Waals surface area contributed by atoms with E-state index >= 15 is 4.39 Å². The minimum Gasteiger partial charge on any atom is -0.491 e. The Kier molecular flexibility index (Phi) is 6.80. The highest BCUT2D eigenvalue weighted by molar-refractivity contribution is 6.33. The molecule has 37 heavy (non-hydrogen) atoms. The number of rotatable bonds is 9. The van der Waals surface area contributed by atoms with Crippen LogP contribution in [0.2, 0.25) is 5.02 Å². The normalized spacial score (nSPS) is 26.4. The Balaban J connectivity index is 1.16. The van der Waals surface area contributed by atoms with Crippen LogP contribution in [0.3, 0.4) is 0 Å². The Morgan fingerprint density at radius 3 is 2.92 bits per heavy atom. The topological polar surface area (TPSA) is 120 Å². The molecule has 4 heterocycles. The Bertz CT molecular complexity index is 1290. The second-order valence-electron chi connectivity index (χ2n) is 9.31. The quantitative estimate of drug-likeness (QED) is 0.355. The number of aliphatic hydroxyl groups is 1. The van der Waals surface area contributed by atoms with Gasteiger partial charge in [-0.15, -0.1) is 0 Å². The molecule has 2 aliphatic heterocycles. The van der Waals surface area contributed by atoms with E-state index in [2.05, 4.69) is 20.3 Å². The van der Waals surface area contributed by atoms with Gasteiger partial charge in [-0.05, 0) is 37.5 Å². The molecular weight excluding hydrogens is 507 g/mol. The molecule has 2 aromatic heterocycles. The Morgan fingerprint density at radius 2 is 2.05 bits per heavy atom. The van der Waals surface area contributed by atoms with Crippen LogP contribution in [-0.4, -0.2) is 77.5 Å². The number of pyridine rings is 1. The average molecular weight is 535 g/mol. The summed E-state index contributed by atoms with van der Waals surface area (Å²) in [5, 5.41) is 13.6. The summed E-state index contributed by atoms with van der Waals surface area (Å²) < 4.78 is 43.1. The Morgan fingerprint density at radius 1 is 1.19 bits per heavy atom. The van der Waals surface area contributed by atoms with Crippen molar-refractivity contribution < 1.29 is 33.2 Å². The smallest absolute Gasteiger partial charge is 0.296 e. The van der Waals surface area contributed by atoms with Gasteiger partial charge in [0.25, 0.3) is 6.01 Å².